The molecule has 6 heteroatoms. The maximum absolute atomic E-state index is 11.6. The maximum atomic E-state index is 11.6. The minimum Gasteiger partial charge on any atom is -0.748 e. The predicted octanol–water partition coefficient (Wildman–Crippen LogP) is 0.287. The molecular formula is C10H13O5S-. The number of fused-ring (bicyclic) bond motifs is 2. The molecule has 0 aromatic carbocycles. The zero-order valence-electron chi connectivity index (χ0n) is 8.66. The van der Waals surface area contributed by atoms with Gasteiger partial charge in [-0.25, -0.2) is 8.42 Å². The van der Waals surface area contributed by atoms with Crippen molar-refractivity contribution in [3.8, 4) is 0 Å². The van der Waals surface area contributed by atoms with E-state index in [0.717, 1.165) is 12.8 Å². The highest BCUT2D eigenvalue weighted by Crippen LogP contribution is 2.43. The summed E-state index contributed by atoms with van der Waals surface area (Å²) in [4.78, 5) is 11.6. The number of carbonyl (C=O) groups excluding carboxylic acids is 1. The number of allylic oxidation sites excluding steroid dienone is 2. The Labute approximate surface area is 94.2 Å². The zero-order chi connectivity index (χ0) is 11.8. The van der Waals surface area contributed by atoms with Gasteiger partial charge in [0.05, 0.1) is 21.8 Å². The molecule has 3 atom stereocenters. The van der Waals surface area contributed by atoms with Crippen LogP contribution in [-0.2, 0) is 19.6 Å². The second-order valence-electron chi connectivity index (χ2n) is 4.32. The van der Waals surface area contributed by atoms with Crippen molar-refractivity contribution in [2.45, 2.75) is 12.8 Å². The van der Waals surface area contributed by atoms with Crippen LogP contribution in [0.2, 0.25) is 0 Å². The third-order valence-corrected chi connectivity index (χ3v) is 3.83. The fourth-order valence-electron chi connectivity index (χ4n) is 2.40. The minimum atomic E-state index is -4.29. The molecule has 0 aromatic rings. The lowest BCUT2D eigenvalue weighted by molar-refractivity contribution is -0.148. The van der Waals surface area contributed by atoms with Crippen molar-refractivity contribution in [3.05, 3.63) is 12.2 Å². The Morgan fingerprint density at radius 2 is 2.12 bits per heavy atom. The molecule has 0 aromatic heterocycles. The van der Waals surface area contributed by atoms with Crippen LogP contribution >= 0.6 is 0 Å². The van der Waals surface area contributed by atoms with Gasteiger partial charge in [0.1, 0.15) is 6.61 Å². The summed E-state index contributed by atoms with van der Waals surface area (Å²) in [6.45, 7) is -0.331. The molecule has 0 amide bonds. The van der Waals surface area contributed by atoms with Crippen molar-refractivity contribution in [1.29, 1.82) is 0 Å². The van der Waals surface area contributed by atoms with Crippen LogP contribution in [-0.4, -0.2) is 31.3 Å². The number of ether oxygens (including phenoxy) is 1. The van der Waals surface area contributed by atoms with Gasteiger partial charge in [0.25, 0.3) is 0 Å². The third-order valence-electron chi connectivity index (χ3n) is 3.16. The summed E-state index contributed by atoms with van der Waals surface area (Å²) in [5.41, 5.74) is 0. The topological polar surface area (TPSA) is 83.5 Å². The van der Waals surface area contributed by atoms with E-state index in [2.05, 4.69) is 6.08 Å². The standard InChI is InChI=1S/C10H14O5S/c11-10(15-3-4-16(12,13)14)9-6-7-1-2-8(9)5-7/h1-2,7-9H,3-6H2,(H,12,13,14)/p-1. The molecule has 3 unspecified atom stereocenters. The minimum absolute atomic E-state index is 0.149. The zero-order valence-corrected chi connectivity index (χ0v) is 9.48. The molecule has 90 valence electrons. The Bertz CT molecular complexity index is 411. The van der Waals surface area contributed by atoms with E-state index in [1.807, 2.05) is 6.08 Å². The van der Waals surface area contributed by atoms with Gasteiger partial charge in [-0.2, -0.15) is 0 Å². The number of carbonyl (C=O) groups is 1. The molecule has 2 aliphatic carbocycles. The average Bonchev–Trinajstić information content (AvgIpc) is 2.76. The van der Waals surface area contributed by atoms with Gasteiger partial charge in [0.15, 0.2) is 0 Å². The van der Waals surface area contributed by atoms with Crippen molar-refractivity contribution in [2.24, 2.45) is 17.8 Å². The van der Waals surface area contributed by atoms with Crippen molar-refractivity contribution in [2.75, 3.05) is 12.4 Å². The Kier molecular flexibility index (Phi) is 3.03. The molecular weight excluding hydrogens is 232 g/mol. The number of esters is 1. The molecule has 1 fully saturated rings. The normalized spacial score (nSPS) is 31.9. The third kappa shape index (κ3) is 2.62. The average molecular weight is 245 g/mol. The van der Waals surface area contributed by atoms with Gasteiger partial charge in [-0.05, 0) is 24.7 Å². The molecule has 16 heavy (non-hydrogen) atoms. The molecule has 0 spiro atoms. The summed E-state index contributed by atoms with van der Waals surface area (Å²) in [5, 5.41) is 0. The van der Waals surface area contributed by atoms with Crippen molar-refractivity contribution < 1.29 is 22.5 Å². The first-order chi connectivity index (χ1) is 7.46. The smallest absolute Gasteiger partial charge is 0.309 e. The molecule has 2 aliphatic rings. The molecule has 0 heterocycles. The Morgan fingerprint density at radius 3 is 2.62 bits per heavy atom. The van der Waals surface area contributed by atoms with E-state index in [9.17, 15) is 17.8 Å². The number of hydrogen-bond donors (Lipinski definition) is 0. The Morgan fingerprint density at radius 1 is 1.38 bits per heavy atom. The van der Waals surface area contributed by atoms with E-state index < -0.39 is 15.9 Å². The molecule has 0 radical (unpaired) electrons. The van der Waals surface area contributed by atoms with Gasteiger partial charge in [-0.15, -0.1) is 0 Å². The van der Waals surface area contributed by atoms with Crippen molar-refractivity contribution in [1.82, 2.24) is 0 Å². The molecule has 1 saturated carbocycles. The highest BCUT2D eigenvalue weighted by Gasteiger charge is 2.40. The SMILES string of the molecule is O=C(OCCS(=O)(=O)[O-])C1CC2C=CC1C2. The fourth-order valence-corrected chi connectivity index (χ4v) is 2.69. The number of rotatable bonds is 4. The second-order valence-corrected chi connectivity index (χ2v) is 5.84. The molecule has 0 N–H and O–H groups in total. The van der Waals surface area contributed by atoms with Crippen LogP contribution < -0.4 is 0 Å². The van der Waals surface area contributed by atoms with E-state index in [4.69, 9.17) is 4.74 Å². The monoisotopic (exact) mass is 245 g/mol. The molecule has 2 rings (SSSR count). The lowest BCUT2D eigenvalue weighted by atomic mass is 9.94. The summed E-state index contributed by atoms with van der Waals surface area (Å²) in [6.07, 6.45) is 5.89. The quantitative estimate of drug-likeness (QED) is 0.404. The largest absolute Gasteiger partial charge is 0.748 e. The fraction of sp³-hybridized carbons (Fsp3) is 0.700. The summed E-state index contributed by atoms with van der Waals surface area (Å²) >= 11 is 0. The lowest BCUT2D eigenvalue weighted by Crippen LogP contribution is -2.24. The Balaban J connectivity index is 1.79. The summed E-state index contributed by atoms with van der Waals surface area (Å²) in [7, 11) is -4.29. The van der Waals surface area contributed by atoms with E-state index in [-0.39, 0.29) is 24.4 Å². The van der Waals surface area contributed by atoms with E-state index in [1.165, 1.54) is 0 Å². The first-order valence-corrected chi connectivity index (χ1v) is 6.82. The second kappa shape index (κ2) is 4.18. The summed E-state index contributed by atoms with van der Waals surface area (Å²) in [6, 6.07) is 0. The van der Waals surface area contributed by atoms with Gasteiger partial charge >= 0.3 is 5.97 Å². The van der Waals surface area contributed by atoms with Crippen LogP contribution in [0.5, 0.6) is 0 Å². The highest BCUT2D eigenvalue weighted by molar-refractivity contribution is 7.85. The van der Waals surface area contributed by atoms with E-state index in [0.29, 0.717) is 5.92 Å². The molecule has 5 nitrogen and oxygen atoms in total. The van der Waals surface area contributed by atoms with Gasteiger partial charge in [0, 0.05) is 0 Å². The molecule has 0 aliphatic heterocycles. The van der Waals surface area contributed by atoms with E-state index in [1.54, 1.807) is 0 Å². The van der Waals surface area contributed by atoms with Crippen LogP contribution in [0.25, 0.3) is 0 Å². The predicted molar refractivity (Wildman–Crippen MR) is 54.4 cm³/mol. The van der Waals surface area contributed by atoms with Crippen LogP contribution in [0.1, 0.15) is 12.8 Å². The van der Waals surface area contributed by atoms with Gasteiger partial charge in [0.2, 0.25) is 0 Å². The van der Waals surface area contributed by atoms with Crippen LogP contribution in [0.15, 0.2) is 12.2 Å². The molecule has 0 saturated heterocycles. The lowest BCUT2D eigenvalue weighted by Gasteiger charge is -2.16. The number of hydrogen-bond acceptors (Lipinski definition) is 5. The van der Waals surface area contributed by atoms with Crippen LogP contribution in [0.4, 0.5) is 0 Å². The maximum Gasteiger partial charge on any atom is 0.309 e. The molecule has 2 bridgehead atoms. The van der Waals surface area contributed by atoms with Crippen LogP contribution in [0, 0.1) is 17.8 Å². The Hall–Kier alpha value is -0.880. The van der Waals surface area contributed by atoms with Crippen molar-refractivity contribution in [3.63, 3.8) is 0 Å². The van der Waals surface area contributed by atoms with Crippen LogP contribution in [0.3, 0.4) is 0 Å². The summed E-state index contributed by atoms with van der Waals surface area (Å²) in [5.74, 6) is -0.466. The van der Waals surface area contributed by atoms with Gasteiger partial charge in [-0.3, -0.25) is 4.79 Å². The summed E-state index contributed by atoms with van der Waals surface area (Å²) < 4.78 is 35.7. The first-order valence-electron chi connectivity index (χ1n) is 5.24. The van der Waals surface area contributed by atoms with Gasteiger partial charge < -0.3 is 9.29 Å². The van der Waals surface area contributed by atoms with Crippen molar-refractivity contribution >= 4 is 16.1 Å². The van der Waals surface area contributed by atoms with E-state index >= 15 is 0 Å². The highest BCUT2D eigenvalue weighted by atomic mass is 32.2. The van der Waals surface area contributed by atoms with Gasteiger partial charge in [-0.1, -0.05) is 12.2 Å². The first kappa shape index (κ1) is 11.6.